The summed E-state index contributed by atoms with van der Waals surface area (Å²) in [6.45, 7) is 8.85. The number of hydrogen-bond acceptors (Lipinski definition) is 3. The summed E-state index contributed by atoms with van der Waals surface area (Å²) in [5.41, 5.74) is 1.74. The van der Waals surface area contributed by atoms with Crippen LogP contribution < -0.4 is 9.62 Å². The zero-order valence-corrected chi connectivity index (χ0v) is 13.6. The van der Waals surface area contributed by atoms with Crippen LogP contribution in [0.3, 0.4) is 0 Å². The summed E-state index contributed by atoms with van der Waals surface area (Å²) >= 11 is 0. The van der Waals surface area contributed by atoms with Crippen LogP contribution in [0.25, 0.3) is 0 Å². The molecule has 0 spiro atoms. The smallest absolute Gasteiger partial charge is 0.240 e. The molecule has 118 valence electrons. The number of rotatable bonds is 6. The molecular formula is C15H25N2O3S+. The Morgan fingerprint density at radius 3 is 2.67 bits per heavy atom. The number of morpholine rings is 1. The van der Waals surface area contributed by atoms with Crippen LogP contribution in [0.1, 0.15) is 17.5 Å². The molecule has 1 saturated heterocycles. The van der Waals surface area contributed by atoms with E-state index in [0.717, 1.165) is 50.4 Å². The van der Waals surface area contributed by atoms with E-state index < -0.39 is 10.0 Å². The fraction of sp³-hybridized carbons (Fsp3) is 0.600. The number of aryl methyl sites for hydroxylation is 2. The van der Waals surface area contributed by atoms with Gasteiger partial charge in [-0.3, -0.25) is 0 Å². The second kappa shape index (κ2) is 7.35. The molecule has 1 fully saturated rings. The predicted molar refractivity (Wildman–Crippen MR) is 82.1 cm³/mol. The third kappa shape index (κ3) is 4.78. The minimum Gasteiger partial charge on any atom is -0.370 e. The summed E-state index contributed by atoms with van der Waals surface area (Å²) in [5, 5.41) is 0. The van der Waals surface area contributed by atoms with Gasteiger partial charge in [0, 0.05) is 13.0 Å². The molecule has 0 atom stereocenters. The van der Waals surface area contributed by atoms with Crippen LogP contribution >= 0.6 is 0 Å². The van der Waals surface area contributed by atoms with E-state index in [1.165, 1.54) is 4.90 Å². The predicted octanol–water partition coefficient (Wildman–Crippen LogP) is -0.113. The lowest BCUT2D eigenvalue weighted by Crippen LogP contribution is -3.14. The van der Waals surface area contributed by atoms with Gasteiger partial charge >= 0.3 is 0 Å². The Labute approximate surface area is 127 Å². The highest BCUT2D eigenvalue weighted by Gasteiger charge is 2.17. The molecule has 6 heteroatoms. The minimum atomic E-state index is -3.40. The molecule has 0 amide bonds. The number of sulfonamides is 1. The van der Waals surface area contributed by atoms with E-state index in [1.807, 2.05) is 26.0 Å². The number of quaternary nitrogens is 1. The highest BCUT2D eigenvalue weighted by Crippen LogP contribution is 2.16. The Morgan fingerprint density at radius 1 is 1.24 bits per heavy atom. The molecule has 0 aliphatic carbocycles. The van der Waals surface area contributed by atoms with E-state index in [1.54, 1.807) is 6.07 Å². The SMILES string of the molecule is Cc1ccc(C)c(S(=O)(=O)NCCC[NH+]2CCOCC2)c1. The molecule has 5 nitrogen and oxygen atoms in total. The van der Waals surface area contributed by atoms with E-state index >= 15 is 0 Å². The van der Waals surface area contributed by atoms with Crippen LogP contribution in [-0.4, -0.2) is 47.8 Å². The topological polar surface area (TPSA) is 59.8 Å². The van der Waals surface area contributed by atoms with E-state index in [9.17, 15) is 8.42 Å². The van der Waals surface area contributed by atoms with Crippen molar-refractivity contribution in [2.45, 2.75) is 25.2 Å². The summed E-state index contributed by atoms with van der Waals surface area (Å²) in [4.78, 5) is 1.88. The van der Waals surface area contributed by atoms with E-state index in [4.69, 9.17) is 4.74 Å². The summed E-state index contributed by atoms with van der Waals surface area (Å²) in [6.07, 6.45) is 0.847. The number of benzene rings is 1. The molecule has 0 bridgehead atoms. The van der Waals surface area contributed by atoms with Gasteiger partial charge in [0.15, 0.2) is 0 Å². The van der Waals surface area contributed by atoms with E-state index in [-0.39, 0.29) is 0 Å². The van der Waals surface area contributed by atoms with Gasteiger partial charge in [0.2, 0.25) is 10.0 Å². The first-order valence-electron chi connectivity index (χ1n) is 7.47. The van der Waals surface area contributed by atoms with Crippen LogP contribution in [0.4, 0.5) is 0 Å². The first kappa shape index (κ1) is 16.4. The molecule has 1 aromatic carbocycles. The van der Waals surface area contributed by atoms with Crippen molar-refractivity contribution in [2.24, 2.45) is 0 Å². The Balaban J connectivity index is 1.85. The highest BCUT2D eigenvalue weighted by molar-refractivity contribution is 7.89. The number of nitrogens with one attached hydrogen (secondary N) is 2. The summed E-state index contributed by atoms with van der Waals surface area (Å²) in [5.74, 6) is 0. The fourth-order valence-electron chi connectivity index (χ4n) is 2.53. The van der Waals surface area contributed by atoms with Gasteiger partial charge in [0.05, 0.1) is 24.7 Å². The van der Waals surface area contributed by atoms with Crippen LogP contribution in [0.5, 0.6) is 0 Å². The van der Waals surface area contributed by atoms with Crippen molar-refractivity contribution in [1.82, 2.24) is 4.72 Å². The normalized spacial score (nSPS) is 17.0. The second-order valence-electron chi connectivity index (χ2n) is 5.63. The van der Waals surface area contributed by atoms with Gasteiger partial charge in [-0.1, -0.05) is 12.1 Å². The zero-order chi connectivity index (χ0) is 15.3. The van der Waals surface area contributed by atoms with Gasteiger partial charge < -0.3 is 9.64 Å². The molecular weight excluding hydrogens is 288 g/mol. The number of ether oxygens (including phenoxy) is 1. The maximum atomic E-state index is 12.3. The monoisotopic (exact) mass is 313 g/mol. The Morgan fingerprint density at radius 2 is 1.95 bits per heavy atom. The first-order chi connectivity index (χ1) is 9.99. The van der Waals surface area contributed by atoms with Crippen LogP contribution in [0, 0.1) is 13.8 Å². The summed E-state index contributed by atoms with van der Waals surface area (Å²) in [6, 6.07) is 5.50. The first-order valence-corrected chi connectivity index (χ1v) is 8.95. The molecule has 2 N–H and O–H groups in total. The summed E-state index contributed by atoms with van der Waals surface area (Å²) < 4.78 is 32.7. The van der Waals surface area contributed by atoms with Crippen molar-refractivity contribution in [2.75, 3.05) is 39.4 Å². The molecule has 1 aromatic rings. The molecule has 2 rings (SSSR count). The molecule has 0 saturated carbocycles. The van der Waals surface area contributed by atoms with Gasteiger partial charge in [-0.05, 0) is 31.0 Å². The van der Waals surface area contributed by atoms with Crippen LogP contribution in [0.2, 0.25) is 0 Å². The Bertz CT molecular complexity index is 566. The lowest BCUT2D eigenvalue weighted by atomic mass is 10.2. The minimum absolute atomic E-state index is 0.390. The molecule has 1 heterocycles. The van der Waals surface area contributed by atoms with Gasteiger partial charge in [0.1, 0.15) is 13.1 Å². The lowest BCUT2D eigenvalue weighted by Gasteiger charge is -2.23. The van der Waals surface area contributed by atoms with Crippen molar-refractivity contribution in [3.8, 4) is 0 Å². The number of hydrogen-bond donors (Lipinski definition) is 2. The lowest BCUT2D eigenvalue weighted by molar-refractivity contribution is -0.908. The average molecular weight is 313 g/mol. The fourth-order valence-corrected chi connectivity index (χ4v) is 3.93. The molecule has 21 heavy (non-hydrogen) atoms. The van der Waals surface area contributed by atoms with Gasteiger partial charge in [-0.15, -0.1) is 0 Å². The van der Waals surface area contributed by atoms with Gasteiger partial charge in [-0.25, -0.2) is 13.1 Å². The maximum absolute atomic E-state index is 12.3. The second-order valence-corrected chi connectivity index (χ2v) is 7.37. The molecule has 1 aliphatic rings. The molecule has 0 unspecified atom stereocenters. The van der Waals surface area contributed by atoms with Gasteiger partial charge in [0.25, 0.3) is 0 Å². The quantitative estimate of drug-likeness (QED) is 0.720. The van der Waals surface area contributed by atoms with Crippen molar-refractivity contribution in [3.05, 3.63) is 29.3 Å². The zero-order valence-electron chi connectivity index (χ0n) is 12.8. The maximum Gasteiger partial charge on any atom is 0.240 e. The Hall–Kier alpha value is -0.950. The van der Waals surface area contributed by atoms with Crippen LogP contribution in [0.15, 0.2) is 23.1 Å². The van der Waals surface area contributed by atoms with E-state index in [0.29, 0.717) is 11.4 Å². The molecule has 0 radical (unpaired) electrons. The van der Waals surface area contributed by atoms with Crippen molar-refractivity contribution in [3.63, 3.8) is 0 Å². The average Bonchev–Trinajstić information content (AvgIpc) is 2.47. The van der Waals surface area contributed by atoms with Crippen molar-refractivity contribution < 1.29 is 18.1 Å². The molecule has 1 aliphatic heterocycles. The van der Waals surface area contributed by atoms with E-state index in [2.05, 4.69) is 4.72 Å². The third-order valence-corrected chi connectivity index (χ3v) is 5.44. The summed E-state index contributed by atoms with van der Waals surface area (Å²) in [7, 11) is -3.40. The third-order valence-electron chi connectivity index (χ3n) is 3.83. The highest BCUT2D eigenvalue weighted by atomic mass is 32.2. The van der Waals surface area contributed by atoms with Crippen LogP contribution in [-0.2, 0) is 14.8 Å². The molecule has 0 aromatic heterocycles. The standard InChI is InChI=1S/C15H24N2O3S/c1-13-4-5-14(2)15(12-13)21(18,19)16-6-3-7-17-8-10-20-11-9-17/h4-5,12,16H,3,6-11H2,1-2H3/p+1. The van der Waals surface area contributed by atoms with Gasteiger partial charge in [-0.2, -0.15) is 0 Å². The Kier molecular flexibility index (Phi) is 5.75. The largest absolute Gasteiger partial charge is 0.370 e. The van der Waals surface area contributed by atoms with Crippen molar-refractivity contribution in [1.29, 1.82) is 0 Å². The van der Waals surface area contributed by atoms with Crippen molar-refractivity contribution >= 4 is 10.0 Å².